The van der Waals surface area contributed by atoms with Crippen molar-refractivity contribution in [3.05, 3.63) is 64.7 Å². The zero-order chi connectivity index (χ0) is 21.6. The number of carbonyl (C=O) groups excluding carboxylic acids is 3. The van der Waals surface area contributed by atoms with E-state index in [9.17, 15) is 14.4 Å². The van der Waals surface area contributed by atoms with Crippen molar-refractivity contribution in [2.24, 2.45) is 5.92 Å². The molecule has 0 fully saturated rings. The fourth-order valence-corrected chi connectivity index (χ4v) is 2.77. The number of hydrogen-bond acceptors (Lipinski definition) is 4. The first kappa shape index (κ1) is 22.4. The standard InChI is InChI=1S/C22H25ClN2O4/c1-13(2)19(25-21(27)17-7-5-6-8-18(17)23)22(28)29-15(4)20(26)24-16-11-9-14(3)10-12-16/h5-13,15,19H,1-4H3,(H,24,26)(H,25,27)/t15-,19-/m0/s1. The third-order valence-electron chi connectivity index (χ3n) is 4.31. The van der Waals surface area contributed by atoms with Crippen LogP contribution in [0.5, 0.6) is 0 Å². The second-order valence-corrected chi connectivity index (χ2v) is 7.52. The first-order valence-corrected chi connectivity index (χ1v) is 9.70. The molecular formula is C22H25ClN2O4. The van der Waals surface area contributed by atoms with Gasteiger partial charge < -0.3 is 15.4 Å². The molecule has 7 heteroatoms. The highest BCUT2D eigenvalue weighted by molar-refractivity contribution is 6.33. The highest BCUT2D eigenvalue weighted by atomic mass is 35.5. The second-order valence-electron chi connectivity index (χ2n) is 7.11. The summed E-state index contributed by atoms with van der Waals surface area (Å²) in [5.74, 6) is -1.88. The van der Waals surface area contributed by atoms with Crippen LogP contribution in [0.25, 0.3) is 0 Å². The van der Waals surface area contributed by atoms with Gasteiger partial charge in [-0.1, -0.05) is 55.3 Å². The molecule has 2 rings (SSSR count). The van der Waals surface area contributed by atoms with Gasteiger partial charge in [0.2, 0.25) is 0 Å². The van der Waals surface area contributed by atoms with Gasteiger partial charge in [0, 0.05) is 5.69 Å². The normalized spacial score (nSPS) is 12.8. The number of amides is 2. The molecule has 0 heterocycles. The van der Waals surface area contributed by atoms with Crippen molar-refractivity contribution >= 4 is 35.1 Å². The molecule has 2 aromatic carbocycles. The van der Waals surface area contributed by atoms with Gasteiger partial charge in [0.15, 0.2) is 6.10 Å². The third kappa shape index (κ3) is 6.32. The highest BCUT2D eigenvalue weighted by Gasteiger charge is 2.29. The number of rotatable bonds is 7. The lowest BCUT2D eigenvalue weighted by molar-refractivity contribution is -0.156. The zero-order valence-electron chi connectivity index (χ0n) is 16.9. The Morgan fingerprint density at radius 1 is 0.966 bits per heavy atom. The monoisotopic (exact) mass is 416 g/mol. The summed E-state index contributed by atoms with van der Waals surface area (Å²) in [6, 6.07) is 12.9. The van der Waals surface area contributed by atoms with E-state index in [2.05, 4.69) is 10.6 Å². The van der Waals surface area contributed by atoms with E-state index in [-0.39, 0.29) is 16.5 Å². The van der Waals surface area contributed by atoms with Gasteiger partial charge >= 0.3 is 5.97 Å². The lowest BCUT2D eigenvalue weighted by Gasteiger charge is -2.23. The molecular weight excluding hydrogens is 392 g/mol. The maximum atomic E-state index is 12.6. The molecule has 2 amide bonds. The number of carbonyl (C=O) groups is 3. The van der Waals surface area contributed by atoms with E-state index in [0.29, 0.717) is 5.69 Å². The predicted molar refractivity (Wildman–Crippen MR) is 113 cm³/mol. The summed E-state index contributed by atoms with van der Waals surface area (Å²) in [7, 11) is 0. The van der Waals surface area contributed by atoms with Gasteiger partial charge in [-0.2, -0.15) is 0 Å². The summed E-state index contributed by atoms with van der Waals surface area (Å²) in [5, 5.41) is 5.62. The quantitative estimate of drug-likeness (QED) is 0.669. The summed E-state index contributed by atoms with van der Waals surface area (Å²) in [5.41, 5.74) is 1.94. The second kappa shape index (κ2) is 10.1. The van der Waals surface area contributed by atoms with Gasteiger partial charge in [-0.3, -0.25) is 9.59 Å². The minimum absolute atomic E-state index is 0.249. The van der Waals surface area contributed by atoms with E-state index in [4.69, 9.17) is 16.3 Å². The van der Waals surface area contributed by atoms with Crippen molar-refractivity contribution < 1.29 is 19.1 Å². The molecule has 0 aromatic heterocycles. The number of aryl methyl sites for hydroxylation is 1. The molecule has 0 bridgehead atoms. The van der Waals surface area contributed by atoms with Crippen LogP contribution in [0.3, 0.4) is 0 Å². The average molecular weight is 417 g/mol. The van der Waals surface area contributed by atoms with Crippen molar-refractivity contribution in [1.82, 2.24) is 5.32 Å². The van der Waals surface area contributed by atoms with Crippen LogP contribution in [0.2, 0.25) is 5.02 Å². The van der Waals surface area contributed by atoms with Crippen LogP contribution in [0.1, 0.15) is 36.7 Å². The molecule has 0 saturated carbocycles. The molecule has 6 nitrogen and oxygen atoms in total. The Hall–Kier alpha value is -2.86. The Kier molecular flexibility index (Phi) is 7.79. The number of anilines is 1. The van der Waals surface area contributed by atoms with Crippen LogP contribution in [0, 0.1) is 12.8 Å². The van der Waals surface area contributed by atoms with Gasteiger partial charge in [0.1, 0.15) is 6.04 Å². The molecule has 2 aromatic rings. The van der Waals surface area contributed by atoms with Gasteiger partial charge in [0.25, 0.3) is 11.8 Å². The summed E-state index contributed by atoms with van der Waals surface area (Å²) >= 11 is 6.04. The number of benzene rings is 2. The van der Waals surface area contributed by atoms with E-state index < -0.39 is 29.9 Å². The molecule has 2 N–H and O–H groups in total. The highest BCUT2D eigenvalue weighted by Crippen LogP contribution is 2.16. The predicted octanol–water partition coefficient (Wildman–Crippen LogP) is 3.97. The van der Waals surface area contributed by atoms with Gasteiger partial charge in [-0.15, -0.1) is 0 Å². The Morgan fingerprint density at radius 2 is 1.59 bits per heavy atom. The molecule has 0 radical (unpaired) electrons. The molecule has 29 heavy (non-hydrogen) atoms. The average Bonchev–Trinajstić information content (AvgIpc) is 2.67. The summed E-state index contributed by atoms with van der Waals surface area (Å²) in [4.78, 5) is 37.4. The number of esters is 1. The minimum atomic E-state index is -1.03. The van der Waals surface area contributed by atoms with Crippen molar-refractivity contribution in [3.63, 3.8) is 0 Å². The van der Waals surface area contributed by atoms with Crippen molar-refractivity contribution in [1.29, 1.82) is 0 Å². The number of halogens is 1. The van der Waals surface area contributed by atoms with Crippen LogP contribution in [-0.4, -0.2) is 29.9 Å². The summed E-state index contributed by atoms with van der Waals surface area (Å²) in [6.07, 6.45) is -1.03. The molecule has 2 atom stereocenters. The summed E-state index contributed by atoms with van der Waals surface area (Å²) in [6.45, 7) is 6.97. The third-order valence-corrected chi connectivity index (χ3v) is 4.64. The molecule has 0 unspecified atom stereocenters. The van der Waals surface area contributed by atoms with E-state index in [1.165, 1.54) is 6.92 Å². The lowest BCUT2D eigenvalue weighted by atomic mass is 10.0. The largest absolute Gasteiger partial charge is 0.451 e. The number of nitrogens with one attached hydrogen (secondary N) is 2. The van der Waals surface area contributed by atoms with Crippen molar-refractivity contribution in [2.45, 2.75) is 39.8 Å². The van der Waals surface area contributed by atoms with Gasteiger partial charge in [-0.25, -0.2) is 4.79 Å². The smallest absolute Gasteiger partial charge is 0.329 e. The summed E-state index contributed by atoms with van der Waals surface area (Å²) < 4.78 is 5.30. The van der Waals surface area contributed by atoms with Crippen LogP contribution in [0.4, 0.5) is 5.69 Å². The SMILES string of the molecule is Cc1ccc(NC(=O)[C@H](C)OC(=O)[C@@H](NC(=O)c2ccccc2Cl)C(C)C)cc1. The molecule has 0 spiro atoms. The number of hydrogen-bond donors (Lipinski definition) is 2. The molecule has 0 saturated heterocycles. The Bertz CT molecular complexity index is 881. The lowest BCUT2D eigenvalue weighted by Crippen LogP contribution is -2.47. The van der Waals surface area contributed by atoms with Crippen molar-refractivity contribution in [3.8, 4) is 0 Å². The van der Waals surface area contributed by atoms with E-state index in [1.54, 1.807) is 50.2 Å². The number of ether oxygens (including phenoxy) is 1. The molecule has 0 aliphatic carbocycles. The van der Waals surface area contributed by atoms with Gasteiger partial charge in [0.05, 0.1) is 10.6 Å². The zero-order valence-corrected chi connectivity index (χ0v) is 17.6. The van der Waals surface area contributed by atoms with E-state index >= 15 is 0 Å². The Labute approximate surface area is 175 Å². The Morgan fingerprint density at radius 3 is 2.17 bits per heavy atom. The Balaban J connectivity index is 2.01. The fourth-order valence-electron chi connectivity index (χ4n) is 2.54. The maximum Gasteiger partial charge on any atom is 0.329 e. The fraction of sp³-hybridized carbons (Fsp3) is 0.318. The molecule has 0 aliphatic heterocycles. The molecule has 154 valence electrons. The van der Waals surface area contributed by atoms with Crippen LogP contribution >= 0.6 is 11.6 Å². The topological polar surface area (TPSA) is 84.5 Å². The maximum absolute atomic E-state index is 12.6. The van der Waals surface area contributed by atoms with Crippen LogP contribution in [0.15, 0.2) is 48.5 Å². The van der Waals surface area contributed by atoms with Crippen LogP contribution < -0.4 is 10.6 Å². The van der Waals surface area contributed by atoms with Gasteiger partial charge in [-0.05, 0) is 44.0 Å². The van der Waals surface area contributed by atoms with Crippen LogP contribution in [-0.2, 0) is 14.3 Å². The molecule has 0 aliphatic rings. The first-order chi connectivity index (χ1) is 13.7. The first-order valence-electron chi connectivity index (χ1n) is 9.32. The van der Waals surface area contributed by atoms with E-state index in [1.807, 2.05) is 19.1 Å². The van der Waals surface area contributed by atoms with Crippen molar-refractivity contribution in [2.75, 3.05) is 5.32 Å². The van der Waals surface area contributed by atoms with E-state index in [0.717, 1.165) is 5.56 Å². The minimum Gasteiger partial charge on any atom is -0.451 e.